The summed E-state index contributed by atoms with van der Waals surface area (Å²) in [6.45, 7) is 5.61. The lowest BCUT2D eigenvalue weighted by Gasteiger charge is -2.16. The highest BCUT2D eigenvalue weighted by Crippen LogP contribution is 2.21. The predicted octanol–water partition coefficient (Wildman–Crippen LogP) is 4.36. The number of carbonyl (C=O) groups is 1. The second kappa shape index (κ2) is 6.64. The number of aryl methyl sites for hydroxylation is 2. The SMILES string of the molecule is Cc1cccc(OC(C)C(=O)Nc2cc(Cl)ccc2C)c1. The van der Waals surface area contributed by atoms with Gasteiger partial charge in [0.05, 0.1) is 0 Å². The highest BCUT2D eigenvalue weighted by molar-refractivity contribution is 6.31. The van der Waals surface area contributed by atoms with E-state index in [4.69, 9.17) is 16.3 Å². The van der Waals surface area contributed by atoms with Crippen molar-refractivity contribution in [3.63, 3.8) is 0 Å². The zero-order valence-corrected chi connectivity index (χ0v) is 13.1. The molecule has 0 aromatic heterocycles. The molecule has 0 bridgehead atoms. The first kappa shape index (κ1) is 15.4. The number of rotatable bonds is 4. The normalized spacial score (nSPS) is 11.8. The molecule has 2 aromatic carbocycles. The van der Waals surface area contributed by atoms with Crippen LogP contribution in [0.1, 0.15) is 18.1 Å². The minimum Gasteiger partial charge on any atom is -0.481 e. The van der Waals surface area contributed by atoms with E-state index in [-0.39, 0.29) is 5.91 Å². The van der Waals surface area contributed by atoms with Gasteiger partial charge in [-0.05, 0) is 56.2 Å². The van der Waals surface area contributed by atoms with Crippen LogP contribution in [0.5, 0.6) is 5.75 Å². The summed E-state index contributed by atoms with van der Waals surface area (Å²) in [6.07, 6.45) is -0.592. The van der Waals surface area contributed by atoms with Crippen molar-refractivity contribution < 1.29 is 9.53 Å². The first-order valence-electron chi connectivity index (χ1n) is 6.76. The monoisotopic (exact) mass is 303 g/mol. The van der Waals surface area contributed by atoms with Gasteiger partial charge in [-0.2, -0.15) is 0 Å². The molecule has 2 rings (SSSR count). The number of ether oxygens (including phenoxy) is 1. The third kappa shape index (κ3) is 4.23. The number of carbonyl (C=O) groups excluding carboxylic acids is 1. The van der Waals surface area contributed by atoms with Gasteiger partial charge >= 0.3 is 0 Å². The zero-order valence-electron chi connectivity index (χ0n) is 12.3. The molecule has 110 valence electrons. The van der Waals surface area contributed by atoms with Crippen LogP contribution in [-0.4, -0.2) is 12.0 Å². The van der Waals surface area contributed by atoms with E-state index < -0.39 is 6.10 Å². The zero-order chi connectivity index (χ0) is 15.4. The number of hydrogen-bond acceptors (Lipinski definition) is 2. The summed E-state index contributed by atoms with van der Waals surface area (Å²) >= 11 is 5.94. The van der Waals surface area contributed by atoms with Crippen LogP contribution in [0, 0.1) is 13.8 Å². The summed E-state index contributed by atoms with van der Waals surface area (Å²) in [5.74, 6) is 0.474. The summed E-state index contributed by atoms with van der Waals surface area (Å²) in [7, 11) is 0. The number of nitrogens with one attached hydrogen (secondary N) is 1. The molecule has 0 spiro atoms. The van der Waals surface area contributed by atoms with E-state index >= 15 is 0 Å². The van der Waals surface area contributed by atoms with Crippen LogP contribution in [0.2, 0.25) is 5.02 Å². The quantitative estimate of drug-likeness (QED) is 0.911. The van der Waals surface area contributed by atoms with Crippen LogP contribution in [0.15, 0.2) is 42.5 Å². The first-order valence-corrected chi connectivity index (χ1v) is 7.14. The van der Waals surface area contributed by atoms with E-state index in [1.807, 2.05) is 44.2 Å². The number of anilines is 1. The minimum atomic E-state index is -0.592. The fraction of sp³-hybridized carbons (Fsp3) is 0.235. The molecule has 21 heavy (non-hydrogen) atoms. The Labute approximate surface area is 129 Å². The van der Waals surface area contributed by atoms with Crippen LogP contribution in [0.4, 0.5) is 5.69 Å². The lowest BCUT2D eigenvalue weighted by molar-refractivity contribution is -0.122. The van der Waals surface area contributed by atoms with E-state index in [2.05, 4.69) is 5.32 Å². The number of amides is 1. The van der Waals surface area contributed by atoms with Crippen molar-refractivity contribution in [3.05, 3.63) is 58.6 Å². The Morgan fingerprint density at radius 1 is 1.19 bits per heavy atom. The van der Waals surface area contributed by atoms with Gasteiger partial charge in [-0.15, -0.1) is 0 Å². The first-order chi connectivity index (χ1) is 9.95. The van der Waals surface area contributed by atoms with E-state index in [0.29, 0.717) is 16.5 Å². The predicted molar refractivity (Wildman–Crippen MR) is 86.1 cm³/mol. The van der Waals surface area contributed by atoms with Crippen LogP contribution in [0.3, 0.4) is 0 Å². The highest BCUT2D eigenvalue weighted by atomic mass is 35.5. The smallest absolute Gasteiger partial charge is 0.265 e. The highest BCUT2D eigenvalue weighted by Gasteiger charge is 2.15. The van der Waals surface area contributed by atoms with Crippen LogP contribution >= 0.6 is 11.6 Å². The Kier molecular flexibility index (Phi) is 4.86. The Bertz CT molecular complexity index is 655. The fourth-order valence-electron chi connectivity index (χ4n) is 1.91. The van der Waals surface area contributed by atoms with Gasteiger partial charge in [-0.3, -0.25) is 4.79 Å². The van der Waals surface area contributed by atoms with Crippen molar-refractivity contribution in [2.24, 2.45) is 0 Å². The molecule has 0 saturated heterocycles. The van der Waals surface area contributed by atoms with Gasteiger partial charge in [0, 0.05) is 10.7 Å². The molecule has 1 amide bonds. The molecule has 0 saturated carbocycles. The molecule has 1 unspecified atom stereocenters. The van der Waals surface area contributed by atoms with E-state index in [0.717, 1.165) is 11.1 Å². The third-order valence-electron chi connectivity index (χ3n) is 3.13. The topological polar surface area (TPSA) is 38.3 Å². The molecule has 0 aliphatic rings. The maximum Gasteiger partial charge on any atom is 0.265 e. The van der Waals surface area contributed by atoms with E-state index in [1.165, 1.54) is 0 Å². The molecule has 1 atom stereocenters. The maximum atomic E-state index is 12.2. The van der Waals surface area contributed by atoms with Gasteiger partial charge < -0.3 is 10.1 Å². The molecule has 0 aliphatic carbocycles. The van der Waals surface area contributed by atoms with Crippen LogP contribution < -0.4 is 10.1 Å². The van der Waals surface area contributed by atoms with E-state index in [1.54, 1.807) is 19.1 Å². The van der Waals surface area contributed by atoms with Gasteiger partial charge in [0.15, 0.2) is 6.10 Å². The average Bonchev–Trinajstić information content (AvgIpc) is 2.43. The van der Waals surface area contributed by atoms with Crippen LogP contribution in [0.25, 0.3) is 0 Å². The second-order valence-corrected chi connectivity index (χ2v) is 5.46. The standard InChI is InChI=1S/C17H18ClNO2/c1-11-5-4-6-15(9-11)21-13(3)17(20)19-16-10-14(18)8-7-12(16)2/h4-10,13H,1-3H3,(H,19,20). The summed E-state index contributed by atoms with van der Waals surface area (Å²) in [4.78, 5) is 12.2. The molecule has 0 fully saturated rings. The molecule has 2 aromatic rings. The Balaban J connectivity index is 2.04. The fourth-order valence-corrected chi connectivity index (χ4v) is 2.08. The second-order valence-electron chi connectivity index (χ2n) is 5.03. The van der Waals surface area contributed by atoms with Crippen molar-refractivity contribution >= 4 is 23.2 Å². The molecule has 0 heterocycles. The van der Waals surface area contributed by atoms with Crippen molar-refractivity contribution in [1.82, 2.24) is 0 Å². The number of halogens is 1. The molecule has 0 radical (unpaired) electrons. The molecule has 3 nitrogen and oxygen atoms in total. The Morgan fingerprint density at radius 3 is 2.67 bits per heavy atom. The largest absolute Gasteiger partial charge is 0.481 e. The molecule has 1 N–H and O–H groups in total. The van der Waals surface area contributed by atoms with Gasteiger partial charge in [0.1, 0.15) is 5.75 Å². The molecule has 4 heteroatoms. The summed E-state index contributed by atoms with van der Waals surface area (Å²) in [5, 5.41) is 3.42. The molecule has 0 aliphatic heterocycles. The van der Waals surface area contributed by atoms with Gasteiger partial charge in [0.2, 0.25) is 0 Å². The van der Waals surface area contributed by atoms with Crippen molar-refractivity contribution in [2.45, 2.75) is 26.9 Å². The van der Waals surface area contributed by atoms with Gasteiger partial charge in [-0.1, -0.05) is 29.8 Å². The van der Waals surface area contributed by atoms with Gasteiger partial charge in [0.25, 0.3) is 5.91 Å². The maximum absolute atomic E-state index is 12.2. The number of hydrogen-bond donors (Lipinski definition) is 1. The van der Waals surface area contributed by atoms with Gasteiger partial charge in [-0.25, -0.2) is 0 Å². The lowest BCUT2D eigenvalue weighted by atomic mass is 10.2. The Hall–Kier alpha value is -2.00. The van der Waals surface area contributed by atoms with Crippen molar-refractivity contribution in [1.29, 1.82) is 0 Å². The van der Waals surface area contributed by atoms with Crippen LogP contribution in [-0.2, 0) is 4.79 Å². The lowest BCUT2D eigenvalue weighted by Crippen LogP contribution is -2.30. The third-order valence-corrected chi connectivity index (χ3v) is 3.36. The average molecular weight is 304 g/mol. The van der Waals surface area contributed by atoms with Crippen molar-refractivity contribution in [2.75, 3.05) is 5.32 Å². The van der Waals surface area contributed by atoms with Crippen molar-refractivity contribution in [3.8, 4) is 5.75 Å². The summed E-state index contributed by atoms with van der Waals surface area (Å²) < 4.78 is 5.65. The minimum absolute atomic E-state index is 0.207. The summed E-state index contributed by atoms with van der Waals surface area (Å²) in [6, 6.07) is 13.0. The molecular formula is C17H18ClNO2. The Morgan fingerprint density at radius 2 is 1.95 bits per heavy atom. The molecular weight excluding hydrogens is 286 g/mol. The van der Waals surface area contributed by atoms with E-state index in [9.17, 15) is 4.79 Å². The summed E-state index contributed by atoms with van der Waals surface area (Å²) in [5.41, 5.74) is 2.74. The number of benzene rings is 2.